The number of benzene rings is 2. The van der Waals surface area contributed by atoms with Gasteiger partial charge >= 0.3 is 12.0 Å². The number of carbonyl (C=O) groups is 3. The van der Waals surface area contributed by atoms with Crippen molar-refractivity contribution in [1.82, 2.24) is 20.1 Å². The number of carboxylic acids is 1. The van der Waals surface area contributed by atoms with Crippen molar-refractivity contribution >= 4 is 50.8 Å². The lowest BCUT2D eigenvalue weighted by atomic mass is 10.2. The third kappa shape index (κ3) is 8.28. The van der Waals surface area contributed by atoms with Gasteiger partial charge in [0, 0.05) is 50.7 Å². The van der Waals surface area contributed by atoms with E-state index in [9.17, 15) is 18.8 Å². The molecule has 230 valence electrons. The van der Waals surface area contributed by atoms with Crippen LogP contribution >= 0.6 is 11.3 Å². The lowest BCUT2D eigenvalue weighted by Crippen LogP contribution is -2.48. The number of nitrogens with one attached hydrogen (secondary N) is 3. The topological polar surface area (TPSA) is 136 Å². The minimum absolute atomic E-state index is 0.0734. The summed E-state index contributed by atoms with van der Waals surface area (Å²) in [5, 5.41) is 17.1. The number of carboxylic acid groups (broad SMARTS) is 1. The molecule has 0 radical (unpaired) electrons. The number of rotatable bonds is 11. The molecule has 4 aromatic rings. The summed E-state index contributed by atoms with van der Waals surface area (Å²) in [5.41, 5.74) is 2.07. The SMILES string of the molecule is Cc1ccc(F)c(NC(=O)Nc2ccc(Oc3ccnc4cc(C(=O)NCCCN5CCN(CC(=O)O)CC5)sc34)cc2)c1. The molecular formula is C31H33FN6O5S. The Balaban J connectivity index is 1.11. The van der Waals surface area contributed by atoms with Crippen molar-refractivity contribution in [2.75, 3.05) is 56.4 Å². The number of piperazine rings is 1. The average molecular weight is 621 g/mol. The Morgan fingerprint density at radius 2 is 1.75 bits per heavy atom. The Hall–Kier alpha value is -4.59. The van der Waals surface area contributed by atoms with E-state index in [1.165, 1.54) is 17.4 Å². The number of hydrogen-bond acceptors (Lipinski definition) is 8. The minimum Gasteiger partial charge on any atom is -0.480 e. The van der Waals surface area contributed by atoms with Gasteiger partial charge in [-0.25, -0.2) is 9.18 Å². The first kappa shape index (κ1) is 30.9. The van der Waals surface area contributed by atoms with Gasteiger partial charge in [0.1, 0.15) is 17.3 Å². The van der Waals surface area contributed by atoms with E-state index in [2.05, 4.69) is 25.8 Å². The molecule has 0 spiro atoms. The first-order valence-corrected chi connectivity index (χ1v) is 15.0. The van der Waals surface area contributed by atoms with Crippen LogP contribution < -0.4 is 20.7 Å². The van der Waals surface area contributed by atoms with Crippen LogP contribution in [0, 0.1) is 12.7 Å². The quantitative estimate of drug-likeness (QED) is 0.172. The molecule has 11 nitrogen and oxygen atoms in total. The van der Waals surface area contributed by atoms with Crippen molar-refractivity contribution in [2.45, 2.75) is 13.3 Å². The third-order valence-electron chi connectivity index (χ3n) is 7.07. The van der Waals surface area contributed by atoms with Gasteiger partial charge in [-0.15, -0.1) is 11.3 Å². The van der Waals surface area contributed by atoms with E-state index in [1.54, 1.807) is 54.7 Å². The molecule has 0 saturated carbocycles. The predicted octanol–water partition coefficient (Wildman–Crippen LogP) is 5.00. The van der Waals surface area contributed by atoms with Gasteiger partial charge in [-0.3, -0.25) is 19.5 Å². The van der Waals surface area contributed by atoms with Gasteiger partial charge in [-0.1, -0.05) is 6.07 Å². The summed E-state index contributed by atoms with van der Waals surface area (Å²) < 4.78 is 20.8. The first-order chi connectivity index (χ1) is 21.2. The number of hydrogen-bond donors (Lipinski definition) is 4. The molecule has 2 aromatic heterocycles. The Labute approximate surface area is 257 Å². The number of ether oxygens (including phenoxy) is 1. The molecule has 5 rings (SSSR count). The fourth-order valence-corrected chi connectivity index (χ4v) is 5.80. The summed E-state index contributed by atoms with van der Waals surface area (Å²) >= 11 is 1.30. The number of aromatic nitrogens is 1. The average Bonchev–Trinajstić information content (AvgIpc) is 3.44. The van der Waals surface area contributed by atoms with E-state index < -0.39 is 17.8 Å². The monoisotopic (exact) mass is 620 g/mol. The van der Waals surface area contributed by atoms with E-state index in [0.29, 0.717) is 34.1 Å². The van der Waals surface area contributed by atoms with E-state index in [-0.39, 0.29) is 18.1 Å². The Kier molecular flexibility index (Phi) is 10.00. The highest BCUT2D eigenvalue weighted by Gasteiger charge is 2.19. The zero-order valence-corrected chi connectivity index (χ0v) is 25.0. The first-order valence-electron chi connectivity index (χ1n) is 14.2. The molecule has 0 atom stereocenters. The number of carbonyl (C=O) groups excluding carboxylic acids is 2. The summed E-state index contributed by atoms with van der Waals surface area (Å²) in [5.74, 6) is -0.426. The van der Waals surface area contributed by atoms with Gasteiger partial charge < -0.3 is 30.7 Å². The largest absolute Gasteiger partial charge is 0.480 e. The molecule has 0 unspecified atom stereocenters. The molecule has 13 heteroatoms. The summed E-state index contributed by atoms with van der Waals surface area (Å²) in [6, 6.07) is 14.1. The third-order valence-corrected chi connectivity index (χ3v) is 8.21. The number of fused-ring (bicyclic) bond motifs is 1. The molecule has 1 saturated heterocycles. The van der Waals surface area contributed by atoms with E-state index >= 15 is 0 Å². The molecule has 0 aliphatic carbocycles. The molecular weight excluding hydrogens is 587 g/mol. The van der Waals surface area contributed by atoms with Crippen molar-refractivity contribution in [3.8, 4) is 11.5 Å². The van der Waals surface area contributed by atoms with Crippen LogP contribution in [0.5, 0.6) is 11.5 Å². The second-order valence-electron chi connectivity index (χ2n) is 10.4. The predicted molar refractivity (Wildman–Crippen MR) is 167 cm³/mol. The highest BCUT2D eigenvalue weighted by molar-refractivity contribution is 7.21. The number of nitrogens with zero attached hydrogens (tertiary/aromatic N) is 3. The maximum atomic E-state index is 14.0. The van der Waals surface area contributed by atoms with Crippen molar-refractivity contribution in [1.29, 1.82) is 0 Å². The van der Waals surface area contributed by atoms with Crippen LogP contribution in [0.15, 0.2) is 60.8 Å². The standard InChI is InChI=1S/C31H33FN6O5S/c1-20-3-8-23(32)24(17-20)36-31(42)35-21-4-6-22(7-5-21)43-26-9-11-33-25-18-27(44-29(25)26)30(41)34-10-2-12-37-13-15-38(16-14-37)19-28(39)40/h3-9,11,17-18H,2,10,12-16,19H2,1H3,(H,34,41)(H,39,40)(H2,35,36,42). The van der Waals surface area contributed by atoms with Crippen LogP contribution in [0.25, 0.3) is 10.2 Å². The van der Waals surface area contributed by atoms with Gasteiger partial charge in [0.05, 0.1) is 27.3 Å². The van der Waals surface area contributed by atoms with Gasteiger partial charge in [0.25, 0.3) is 5.91 Å². The molecule has 3 heterocycles. The lowest BCUT2D eigenvalue weighted by Gasteiger charge is -2.33. The Bertz CT molecular complexity index is 1640. The number of aliphatic carboxylic acids is 1. The smallest absolute Gasteiger partial charge is 0.323 e. The summed E-state index contributed by atoms with van der Waals surface area (Å²) in [6.45, 7) is 6.33. The molecule has 4 N–H and O–H groups in total. The van der Waals surface area contributed by atoms with Gasteiger partial charge in [-0.2, -0.15) is 0 Å². The van der Waals surface area contributed by atoms with E-state index in [4.69, 9.17) is 9.84 Å². The van der Waals surface area contributed by atoms with Crippen LogP contribution in [0.2, 0.25) is 0 Å². The maximum Gasteiger partial charge on any atom is 0.323 e. The van der Waals surface area contributed by atoms with Crippen LogP contribution in [-0.4, -0.2) is 83.6 Å². The van der Waals surface area contributed by atoms with Crippen molar-refractivity contribution in [2.24, 2.45) is 0 Å². The summed E-state index contributed by atoms with van der Waals surface area (Å²) in [6.07, 6.45) is 2.41. The van der Waals surface area contributed by atoms with Crippen LogP contribution in [0.1, 0.15) is 21.7 Å². The fraction of sp³-hybridized carbons (Fsp3) is 0.290. The normalized spacial score (nSPS) is 13.9. The highest BCUT2D eigenvalue weighted by Crippen LogP contribution is 2.35. The molecule has 1 aliphatic rings. The van der Waals surface area contributed by atoms with Crippen LogP contribution in [-0.2, 0) is 4.79 Å². The Morgan fingerprint density at radius 1 is 1.00 bits per heavy atom. The Morgan fingerprint density at radius 3 is 2.50 bits per heavy atom. The highest BCUT2D eigenvalue weighted by atomic mass is 32.1. The summed E-state index contributed by atoms with van der Waals surface area (Å²) in [4.78, 5) is 45.2. The molecule has 0 bridgehead atoms. The summed E-state index contributed by atoms with van der Waals surface area (Å²) in [7, 11) is 0. The molecule has 2 aromatic carbocycles. The zero-order chi connectivity index (χ0) is 31.1. The number of halogens is 1. The number of thiophene rings is 1. The minimum atomic E-state index is -0.805. The number of anilines is 2. The second kappa shape index (κ2) is 14.3. The van der Waals surface area contributed by atoms with E-state index in [0.717, 1.165) is 49.4 Å². The molecule has 1 fully saturated rings. The molecule has 44 heavy (non-hydrogen) atoms. The van der Waals surface area contributed by atoms with Crippen molar-refractivity contribution < 1.29 is 28.6 Å². The number of amides is 3. The number of urea groups is 1. The number of aryl methyl sites for hydroxylation is 1. The second-order valence-corrected chi connectivity index (χ2v) is 11.5. The molecule has 3 amide bonds. The zero-order valence-electron chi connectivity index (χ0n) is 24.1. The van der Waals surface area contributed by atoms with E-state index in [1.807, 2.05) is 11.8 Å². The van der Waals surface area contributed by atoms with Crippen molar-refractivity contribution in [3.63, 3.8) is 0 Å². The van der Waals surface area contributed by atoms with Crippen molar-refractivity contribution in [3.05, 3.63) is 77.1 Å². The van der Waals surface area contributed by atoms with Gasteiger partial charge in [0.15, 0.2) is 0 Å². The maximum absolute atomic E-state index is 14.0. The van der Waals surface area contributed by atoms with Crippen LogP contribution in [0.3, 0.4) is 0 Å². The lowest BCUT2D eigenvalue weighted by molar-refractivity contribution is -0.138. The van der Waals surface area contributed by atoms with Crippen LogP contribution in [0.4, 0.5) is 20.6 Å². The van der Waals surface area contributed by atoms with Gasteiger partial charge in [0.2, 0.25) is 0 Å². The fourth-order valence-electron chi connectivity index (χ4n) is 4.81. The number of pyridine rings is 1. The molecule has 1 aliphatic heterocycles. The van der Waals surface area contributed by atoms with Gasteiger partial charge in [-0.05, 0) is 67.9 Å².